The maximum Gasteiger partial charge on any atom is 0.162 e. The molecule has 0 amide bonds. The first-order chi connectivity index (χ1) is 13.0. The summed E-state index contributed by atoms with van der Waals surface area (Å²) >= 11 is 0. The fourth-order valence-corrected chi connectivity index (χ4v) is 3.33. The molecule has 2 N–H and O–H groups in total. The van der Waals surface area contributed by atoms with Gasteiger partial charge in [0.05, 0.1) is 13.7 Å². The Morgan fingerprint density at radius 3 is 2.56 bits per heavy atom. The topological polar surface area (TPSA) is 63.1 Å². The van der Waals surface area contributed by atoms with Crippen LogP contribution in [-0.2, 0) is 0 Å². The molecule has 1 heterocycles. The van der Waals surface area contributed by atoms with Gasteiger partial charge in [0, 0.05) is 23.7 Å². The van der Waals surface area contributed by atoms with Crippen LogP contribution in [0, 0.1) is 5.92 Å². The summed E-state index contributed by atoms with van der Waals surface area (Å²) in [6.45, 7) is 6.72. The standard InChI is InChI=1S/C22H28N2O3/c1-5-27-20-8-6-7-17(21(20)25)19-13-18(23-22(24-19)14(2)3)15-9-11-16(26-4)12-10-15/h6-12,14,19,22,24-25H,5,13H2,1-4H3. The number of aliphatic imine (C=N–C) groups is 1. The predicted octanol–water partition coefficient (Wildman–Crippen LogP) is 4.31. The maximum absolute atomic E-state index is 10.7. The lowest BCUT2D eigenvalue weighted by Gasteiger charge is -2.32. The fourth-order valence-electron chi connectivity index (χ4n) is 3.33. The number of hydrogen-bond acceptors (Lipinski definition) is 5. The summed E-state index contributed by atoms with van der Waals surface area (Å²) < 4.78 is 10.8. The molecular formula is C22H28N2O3. The van der Waals surface area contributed by atoms with Gasteiger partial charge in [-0.05, 0) is 48.7 Å². The Kier molecular flexibility index (Phi) is 6.01. The van der Waals surface area contributed by atoms with Crippen molar-refractivity contribution in [2.24, 2.45) is 10.9 Å². The van der Waals surface area contributed by atoms with Crippen molar-refractivity contribution in [3.8, 4) is 17.2 Å². The average Bonchev–Trinajstić information content (AvgIpc) is 2.69. The summed E-state index contributed by atoms with van der Waals surface area (Å²) in [5, 5.41) is 14.3. The molecule has 144 valence electrons. The molecule has 2 unspecified atom stereocenters. The van der Waals surface area contributed by atoms with Gasteiger partial charge in [-0.25, -0.2) is 0 Å². The van der Waals surface area contributed by atoms with Crippen molar-refractivity contribution in [2.75, 3.05) is 13.7 Å². The number of methoxy groups -OCH3 is 1. The largest absolute Gasteiger partial charge is 0.504 e. The van der Waals surface area contributed by atoms with E-state index in [-0.39, 0.29) is 18.0 Å². The minimum atomic E-state index is -0.0348. The number of aromatic hydroxyl groups is 1. The summed E-state index contributed by atoms with van der Waals surface area (Å²) in [6, 6.07) is 13.6. The minimum Gasteiger partial charge on any atom is -0.504 e. The summed E-state index contributed by atoms with van der Waals surface area (Å²) in [7, 11) is 1.66. The number of hydrogen-bond donors (Lipinski definition) is 2. The molecule has 0 aromatic heterocycles. The van der Waals surface area contributed by atoms with E-state index in [1.165, 1.54) is 0 Å². The van der Waals surface area contributed by atoms with E-state index < -0.39 is 0 Å². The fraction of sp³-hybridized carbons (Fsp3) is 0.409. The van der Waals surface area contributed by atoms with E-state index in [1.807, 2.05) is 43.3 Å². The number of ether oxygens (including phenoxy) is 2. The zero-order valence-corrected chi connectivity index (χ0v) is 16.4. The van der Waals surface area contributed by atoms with Crippen LogP contribution in [0.15, 0.2) is 47.5 Å². The molecule has 5 heteroatoms. The van der Waals surface area contributed by atoms with Crippen molar-refractivity contribution >= 4 is 5.71 Å². The monoisotopic (exact) mass is 368 g/mol. The van der Waals surface area contributed by atoms with E-state index in [4.69, 9.17) is 14.5 Å². The van der Waals surface area contributed by atoms with Crippen LogP contribution < -0.4 is 14.8 Å². The average molecular weight is 368 g/mol. The zero-order chi connectivity index (χ0) is 19.4. The van der Waals surface area contributed by atoms with Gasteiger partial charge in [0.15, 0.2) is 11.5 Å². The van der Waals surface area contributed by atoms with Crippen LogP contribution >= 0.6 is 0 Å². The highest BCUT2D eigenvalue weighted by Gasteiger charge is 2.29. The Morgan fingerprint density at radius 1 is 1.19 bits per heavy atom. The first kappa shape index (κ1) is 19.2. The highest BCUT2D eigenvalue weighted by molar-refractivity contribution is 6.01. The van der Waals surface area contributed by atoms with E-state index in [0.29, 0.717) is 24.7 Å². The Balaban J connectivity index is 1.94. The van der Waals surface area contributed by atoms with E-state index in [1.54, 1.807) is 13.2 Å². The third-order valence-electron chi connectivity index (χ3n) is 4.82. The molecule has 0 saturated heterocycles. The van der Waals surface area contributed by atoms with Gasteiger partial charge in [-0.1, -0.05) is 26.0 Å². The van der Waals surface area contributed by atoms with Crippen molar-refractivity contribution in [1.82, 2.24) is 5.32 Å². The molecule has 2 aromatic rings. The van der Waals surface area contributed by atoms with Gasteiger partial charge in [0.2, 0.25) is 0 Å². The Bertz CT molecular complexity index is 800. The van der Waals surface area contributed by atoms with E-state index in [2.05, 4.69) is 19.2 Å². The Labute approximate surface area is 161 Å². The van der Waals surface area contributed by atoms with Crippen LogP contribution in [0.3, 0.4) is 0 Å². The quantitative estimate of drug-likeness (QED) is 0.798. The summed E-state index contributed by atoms with van der Waals surface area (Å²) in [5.41, 5.74) is 2.95. The van der Waals surface area contributed by atoms with Crippen LogP contribution in [0.2, 0.25) is 0 Å². The van der Waals surface area contributed by atoms with Crippen molar-refractivity contribution < 1.29 is 14.6 Å². The van der Waals surface area contributed by atoms with Gasteiger partial charge < -0.3 is 14.6 Å². The van der Waals surface area contributed by atoms with Gasteiger partial charge in [-0.15, -0.1) is 0 Å². The molecule has 2 aromatic carbocycles. The highest BCUT2D eigenvalue weighted by Crippen LogP contribution is 2.37. The molecule has 0 radical (unpaired) electrons. The number of rotatable bonds is 6. The van der Waals surface area contributed by atoms with Crippen molar-refractivity contribution in [3.63, 3.8) is 0 Å². The Hall–Kier alpha value is -2.53. The maximum atomic E-state index is 10.7. The number of phenolic OH excluding ortho intramolecular Hbond substituents is 1. The van der Waals surface area contributed by atoms with Crippen LogP contribution in [0.1, 0.15) is 44.4 Å². The molecule has 1 aliphatic heterocycles. The smallest absolute Gasteiger partial charge is 0.162 e. The molecule has 0 fully saturated rings. The molecule has 27 heavy (non-hydrogen) atoms. The second-order valence-electron chi connectivity index (χ2n) is 7.04. The highest BCUT2D eigenvalue weighted by atomic mass is 16.5. The van der Waals surface area contributed by atoms with Crippen LogP contribution in [0.25, 0.3) is 0 Å². The summed E-state index contributed by atoms with van der Waals surface area (Å²) in [4.78, 5) is 4.92. The summed E-state index contributed by atoms with van der Waals surface area (Å²) in [5.74, 6) is 1.88. The SMILES string of the molecule is CCOc1cccc(C2CC(c3ccc(OC)cc3)=NC(C(C)C)N2)c1O. The first-order valence-electron chi connectivity index (χ1n) is 9.45. The molecular weight excluding hydrogens is 340 g/mol. The second kappa shape index (κ2) is 8.44. The number of phenols is 1. The lowest BCUT2D eigenvalue weighted by Crippen LogP contribution is -2.41. The lowest BCUT2D eigenvalue weighted by molar-refractivity contribution is 0.309. The van der Waals surface area contributed by atoms with E-state index in [0.717, 1.165) is 22.6 Å². The third kappa shape index (κ3) is 4.25. The van der Waals surface area contributed by atoms with E-state index in [9.17, 15) is 5.11 Å². The van der Waals surface area contributed by atoms with Crippen molar-refractivity contribution in [1.29, 1.82) is 0 Å². The molecule has 3 rings (SSSR count). The number of benzene rings is 2. The second-order valence-corrected chi connectivity index (χ2v) is 7.04. The first-order valence-corrected chi connectivity index (χ1v) is 9.45. The Morgan fingerprint density at radius 2 is 1.93 bits per heavy atom. The van der Waals surface area contributed by atoms with Gasteiger partial charge in [-0.2, -0.15) is 0 Å². The van der Waals surface area contributed by atoms with E-state index >= 15 is 0 Å². The van der Waals surface area contributed by atoms with Gasteiger partial charge in [0.1, 0.15) is 11.9 Å². The van der Waals surface area contributed by atoms with Crippen LogP contribution in [0.4, 0.5) is 0 Å². The molecule has 0 spiro atoms. The lowest BCUT2D eigenvalue weighted by atomic mass is 9.92. The normalized spacial score (nSPS) is 19.7. The van der Waals surface area contributed by atoms with Crippen LogP contribution in [0.5, 0.6) is 17.2 Å². The predicted molar refractivity (Wildman–Crippen MR) is 108 cm³/mol. The third-order valence-corrected chi connectivity index (χ3v) is 4.82. The summed E-state index contributed by atoms with van der Waals surface area (Å²) in [6.07, 6.45) is 0.676. The molecule has 1 aliphatic rings. The number of nitrogens with one attached hydrogen (secondary N) is 1. The zero-order valence-electron chi connectivity index (χ0n) is 16.4. The van der Waals surface area contributed by atoms with Gasteiger partial charge >= 0.3 is 0 Å². The molecule has 2 atom stereocenters. The molecule has 0 bridgehead atoms. The molecule has 0 aliphatic carbocycles. The van der Waals surface area contributed by atoms with Gasteiger partial charge in [-0.3, -0.25) is 10.3 Å². The number of para-hydroxylation sites is 1. The molecule has 0 saturated carbocycles. The minimum absolute atomic E-state index is 0.0176. The number of nitrogens with zero attached hydrogens (tertiary/aromatic N) is 1. The van der Waals surface area contributed by atoms with Crippen molar-refractivity contribution in [3.05, 3.63) is 53.6 Å². The van der Waals surface area contributed by atoms with Crippen LogP contribution in [-0.4, -0.2) is 30.7 Å². The van der Waals surface area contributed by atoms with Gasteiger partial charge in [0.25, 0.3) is 0 Å². The molecule has 5 nitrogen and oxygen atoms in total. The van der Waals surface area contributed by atoms with Crippen molar-refractivity contribution in [2.45, 2.75) is 39.4 Å².